The minimum atomic E-state index is -0.243. The number of anilines is 1. The number of hydrogen-bond acceptors (Lipinski definition) is 5. The number of nitriles is 1. The molecule has 0 amide bonds. The van der Waals surface area contributed by atoms with E-state index in [1.54, 1.807) is 33.5 Å². The quantitative estimate of drug-likeness (QED) is 0.840. The first-order valence-corrected chi connectivity index (χ1v) is 5.66. The maximum absolute atomic E-state index is 8.94. The Morgan fingerprint density at radius 2 is 1.72 bits per heavy atom. The van der Waals surface area contributed by atoms with Crippen molar-refractivity contribution >= 4 is 5.69 Å². The maximum atomic E-state index is 8.94. The molecule has 0 heterocycles. The summed E-state index contributed by atoms with van der Waals surface area (Å²) in [6.45, 7) is 1.94. The molecular formula is C13H18N2O3. The number of methoxy groups -OCH3 is 3. The van der Waals surface area contributed by atoms with Crippen LogP contribution in [0.5, 0.6) is 17.2 Å². The average Bonchev–Trinajstić information content (AvgIpc) is 2.43. The van der Waals surface area contributed by atoms with Gasteiger partial charge < -0.3 is 19.5 Å². The van der Waals surface area contributed by atoms with E-state index in [9.17, 15) is 0 Å². The molecule has 1 rings (SSSR count). The van der Waals surface area contributed by atoms with Gasteiger partial charge in [0.05, 0.1) is 27.4 Å². The zero-order valence-corrected chi connectivity index (χ0v) is 11.1. The van der Waals surface area contributed by atoms with Gasteiger partial charge in [0, 0.05) is 17.8 Å². The first-order valence-electron chi connectivity index (χ1n) is 5.66. The Morgan fingerprint density at radius 1 is 1.17 bits per heavy atom. The maximum Gasteiger partial charge on any atom is 0.203 e. The highest BCUT2D eigenvalue weighted by molar-refractivity contribution is 5.63. The van der Waals surface area contributed by atoms with E-state index in [1.807, 2.05) is 6.92 Å². The Morgan fingerprint density at radius 3 is 2.06 bits per heavy atom. The van der Waals surface area contributed by atoms with Gasteiger partial charge in [0.2, 0.25) is 5.75 Å². The van der Waals surface area contributed by atoms with E-state index in [2.05, 4.69) is 11.4 Å². The lowest BCUT2D eigenvalue weighted by atomic mass is 10.2. The Balaban J connectivity index is 3.11. The number of hydrogen-bond donors (Lipinski definition) is 1. The summed E-state index contributed by atoms with van der Waals surface area (Å²) in [4.78, 5) is 0. The van der Waals surface area contributed by atoms with E-state index in [0.29, 0.717) is 23.7 Å². The number of benzene rings is 1. The van der Waals surface area contributed by atoms with Crippen LogP contribution in [0.15, 0.2) is 12.1 Å². The Labute approximate surface area is 107 Å². The van der Waals surface area contributed by atoms with Crippen molar-refractivity contribution in [3.8, 4) is 23.3 Å². The predicted molar refractivity (Wildman–Crippen MR) is 69.4 cm³/mol. The molecular weight excluding hydrogens is 232 g/mol. The first-order chi connectivity index (χ1) is 8.69. The molecule has 5 nitrogen and oxygen atoms in total. The lowest BCUT2D eigenvalue weighted by Crippen LogP contribution is -2.15. The number of rotatable bonds is 6. The van der Waals surface area contributed by atoms with Crippen molar-refractivity contribution in [1.82, 2.24) is 0 Å². The van der Waals surface area contributed by atoms with Crippen LogP contribution in [0.3, 0.4) is 0 Å². The van der Waals surface area contributed by atoms with Crippen molar-refractivity contribution in [2.75, 3.05) is 26.6 Å². The van der Waals surface area contributed by atoms with Crippen molar-refractivity contribution in [2.45, 2.75) is 19.4 Å². The molecule has 1 aromatic carbocycles. The Hall–Kier alpha value is -2.09. The second-order valence-electron chi connectivity index (χ2n) is 3.65. The lowest BCUT2D eigenvalue weighted by molar-refractivity contribution is 0.324. The van der Waals surface area contributed by atoms with Crippen LogP contribution in [0.4, 0.5) is 5.69 Å². The fraction of sp³-hybridized carbons (Fsp3) is 0.462. The van der Waals surface area contributed by atoms with Crippen molar-refractivity contribution < 1.29 is 14.2 Å². The van der Waals surface area contributed by atoms with Crippen molar-refractivity contribution in [1.29, 1.82) is 5.26 Å². The predicted octanol–water partition coefficient (Wildman–Crippen LogP) is 2.43. The van der Waals surface area contributed by atoms with Crippen molar-refractivity contribution in [3.63, 3.8) is 0 Å². The fourth-order valence-corrected chi connectivity index (χ4v) is 1.59. The van der Waals surface area contributed by atoms with Gasteiger partial charge in [-0.1, -0.05) is 6.92 Å². The largest absolute Gasteiger partial charge is 0.493 e. The van der Waals surface area contributed by atoms with E-state index in [0.717, 1.165) is 5.69 Å². The molecule has 5 heteroatoms. The molecule has 0 aliphatic heterocycles. The highest BCUT2D eigenvalue weighted by Crippen LogP contribution is 2.40. The van der Waals surface area contributed by atoms with E-state index in [1.165, 1.54) is 0 Å². The van der Waals surface area contributed by atoms with E-state index >= 15 is 0 Å². The van der Waals surface area contributed by atoms with Gasteiger partial charge in [0.15, 0.2) is 11.5 Å². The van der Waals surface area contributed by atoms with Crippen LogP contribution in [-0.4, -0.2) is 27.4 Å². The van der Waals surface area contributed by atoms with Gasteiger partial charge in [-0.15, -0.1) is 0 Å². The highest BCUT2D eigenvalue weighted by Gasteiger charge is 2.14. The summed E-state index contributed by atoms with van der Waals surface area (Å²) in [5.41, 5.74) is 0.762. The summed E-state index contributed by atoms with van der Waals surface area (Å²) < 4.78 is 15.7. The van der Waals surface area contributed by atoms with Crippen LogP contribution in [0.25, 0.3) is 0 Å². The van der Waals surface area contributed by atoms with Gasteiger partial charge in [-0.2, -0.15) is 5.26 Å². The SMILES string of the molecule is CCC(C#N)Nc1cc(OC)c(OC)c(OC)c1. The molecule has 0 spiro atoms. The molecule has 98 valence electrons. The van der Waals surface area contributed by atoms with Crippen LogP contribution in [-0.2, 0) is 0 Å². The molecule has 0 aliphatic rings. The minimum absolute atomic E-state index is 0.243. The Kier molecular flexibility index (Phi) is 5.12. The zero-order valence-electron chi connectivity index (χ0n) is 11.1. The molecule has 18 heavy (non-hydrogen) atoms. The molecule has 0 fully saturated rings. The lowest BCUT2D eigenvalue weighted by Gasteiger charge is -2.16. The second kappa shape index (κ2) is 6.60. The van der Waals surface area contributed by atoms with Crippen LogP contribution in [0, 0.1) is 11.3 Å². The van der Waals surface area contributed by atoms with E-state index in [4.69, 9.17) is 19.5 Å². The monoisotopic (exact) mass is 250 g/mol. The van der Waals surface area contributed by atoms with Crippen LogP contribution in [0.1, 0.15) is 13.3 Å². The number of nitrogens with one attached hydrogen (secondary N) is 1. The molecule has 0 radical (unpaired) electrons. The average molecular weight is 250 g/mol. The van der Waals surface area contributed by atoms with Crippen molar-refractivity contribution in [2.24, 2.45) is 0 Å². The highest BCUT2D eigenvalue weighted by atomic mass is 16.5. The van der Waals surface area contributed by atoms with Gasteiger partial charge in [0.1, 0.15) is 6.04 Å². The standard InChI is InChI=1S/C13H18N2O3/c1-5-9(8-14)15-10-6-11(16-2)13(18-4)12(7-10)17-3/h6-7,9,15H,5H2,1-4H3. The van der Waals surface area contributed by atoms with Crippen LogP contribution < -0.4 is 19.5 Å². The topological polar surface area (TPSA) is 63.5 Å². The van der Waals surface area contributed by atoms with Gasteiger partial charge >= 0.3 is 0 Å². The minimum Gasteiger partial charge on any atom is -0.493 e. The van der Waals surface area contributed by atoms with Gasteiger partial charge in [-0.3, -0.25) is 0 Å². The normalized spacial score (nSPS) is 11.3. The number of nitrogens with zero attached hydrogens (tertiary/aromatic N) is 1. The fourth-order valence-electron chi connectivity index (χ4n) is 1.59. The van der Waals surface area contributed by atoms with Gasteiger partial charge in [0.25, 0.3) is 0 Å². The van der Waals surface area contributed by atoms with Gasteiger partial charge in [-0.05, 0) is 6.42 Å². The summed E-state index contributed by atoms with van der Waals surface area (Å²) in [5, 5.41) is 12.0. The molecule has 1 atom stereocenters. The van der Waals surface area contributed by atoms with E-state index < -0.39 is 0 Å². The van der Waals surface area contributed by atoms with Gasteiger partial charge in [-0.25, -0.2) is 0 Å². The van der Waals surface area contributed by atoms with Crippen LogP contribution in [0.2, 0.25) is 0 Å². The van der Waals surface area contributed by atoms with E-state index in [-0.39, 0.29) is 6.04 Å². The second-order valence-corrected chi connectivity index (χ2v) is 3.65. The zero-order chi connectivity index (χ0) is 13.5. The summed E-state index contributed by atoms with van der Waals surface area (Å²) in [6.07, 6.45) is 0.715. The van der Waals surface area contributed by atoms with Crippen LogP contribution >= 0.6 is 0 Å². The molecule has 1 aromatic rings. The first kappa shape index (κ1) is 14.0. The van der Waals surface area contributed by atoms with Crippen molar-refractivity contribution in [3.05, 3.63) is 12.1 Å². The third-order valence-electron chi connectivity index (χ3n) is 2.57. The summed E-state index contributed by atoms with van der Waals surface area (Å²) in [5.74, 6) is 1.66. The third-order valence-corrected chi connectivity index (χ3v) is 2.57. The molecule has 1 unspecified atom stereocenters. The molecule has 1 N–H and O–H groups in total. The molecule has 0 saturated carbocycles. The molecule has 0 saturated heterocycles. The molecule has 0 aliphatic carbocycles. The smallest absolute Gasteiger partial charge is 0.203 e. The molecule has 0 bridgehead atoms. The summed E-state index contributed by atoms with van der Waals surface area (Å²) in [6, 6.07) is 5.50. The number of ether oxygens (including phenoxy) is 3. The Bertz CT molecular complexity index is 415. The third kappa shape index (κ3) is 2.98. The summed E-state index contributed by atoms with van der Waals surface area (Å²) >= 11 is 0. The molecule has 0 aromatic heterocycles. The summed E-state index contributed by atoms with van der Waals surface area (Å²) in [7, 11) is 4.67.